The second-order valence-corrected chi connectivity index (χ2v) is 11.4. The molecule has 4 nitrogen and oxygen atoms in total. The zero-order valence-corrected chi connectivity index (χ0v) is 25.9. The zero-order valence-electron chi connectivity index (χ0n) is 25.9. The number of allylic oxidation sites excluding steroid dienone is 6. The predicted octanol–water partition coefficient (Wildman–Crippen LogP) is 9.12. The minimum atomic E-state index is 0.503. The second-order valence-electron chi connectivity index (χ2n) is 11.4. The highest BCUT2D eigenvalue weighted by molar-refractivity contribution is 5.76. The maximum absolute atomic E-state index is 6.41. The Labute approximate surface area is 262 Å². The molecule has 0 amide bonds. The highest BCUT2D eigenvalue weighted by Gasteiger charge is 2.14. The van der Waals surface area contributed by atoms with Gasteiger partial charge in [-0.15, -0.1) is 0 Å². The van der Waals surface area contributed by atoms with Crippen molar-refractivity contribution in [1.29, 1.82) is 0 Å². The zero-order chi connectivity index (χ0) is 31.1. The number of hydrogen-bond acceptors (Lipinski definition) is 4. The fourth-order valence-electron chi connectivity index (χ4n) is 5.78. The average molecular weight is 579 g/mol. The van der Waals surface area contributed by atoms with E-state index in [0.29, 0.717) is 12.1 Å². The highest BCUT2D eigenvalue weighted by atomic mass is 14.9. The van der Waals surface area contributed by atoms with Crippen LogP contribution in [0.2, 0.25) is 0 Å². The summed E-state index contributed by atoms with van der Waals surface area (Å²) >= 11 is 0. The Morgan fingerprint density at radius 2 is 1.70 bits per heavy atom. The Hall–Kier alpha value is -5.09. The van der Waals surface area contributed by atoms with Crippen LogP contribution >= 0.6 is 0 Å². The van der Waals surface area contributed by atoms with Crippen molar-refractivity contribution in [3.8, 4) is 11.1 Å². The number of nitrogens with one attached hydrogen (secondary N) is 2. The lowest BCUT2D eigenvalue weighted by molar-refractivity contribution is 0.912. The molecule has 4 N–H and O–H groups in total. The van der Waals surface area contributed by atoms with Gasteiger partial charge in [0.2, 0.25) is 0 Å². The standard InChI is InChI=1S/C40H42N4/c1-6-31(26-35(7-2)42-27(3)23-30-13-9-8-10-14-30)39-22-21-37(41)40(44-39)24-28(4)43-38-18-12-17-36(29(38)5)34-20-19-32-15-11-16-33(32)25-34/h6-10,12-14,17-22,25-26,42-43H,2-4,11,15-16,23-24,41H2,1,5H3/b31-6+,35-26+. The second kappa shape index (κ2) is 13.9. The summed E-state index contributed by atoms with van der Waals surface area (Å²) in [7, 11) is 0. The fourth-order valence-corrected chi connectivity index (χ4v) is 5.78. The van der Waals surface area contributed by atoms with Crippen LogP contribution in [0, 0.1) is 6.92 Å². The SMILES string of the molecule is C=C/C(=C\C(=C/C)c1ccc(N)c(CC(=C)Nc2cccc(-c3ccc4c(c3)CCC4)c2C)n1)NC(=C)Cc1ccccc1. The van der Waals surface area contributed by atoms with Gasteiger partial charge in [-0.05, 0) is 102 Å². The van der Waals surface area contributed by atoms with Crippen molar-refractivity contribution < 1.29 is 0 Å². The first-order valence-electron chi connectivity index (χ1n) is 15.3. The lowest BCUT2D eigenvalue weighted by atomic mass is 9.96. The van der Waals surface area contributed by atoms with Crippen LogP contribution in [0.3, 0.4) is 0 Å². The molecule has 4 heteroatoms. The van der Waals surface area contributed by atoms with Crippen LogP contribution in [0.15, 0.2) is 134 Å². The Bertz CT molecular complexity index is 1760. The third-order valence-electron chi connectivity index (χ3n) is 8.16. The van der Waals surface area contributed by atoms with Gasteiger partial charge in [0.25, 0.3) is 0 Å². The highest BCUT2D eigenvalue weighted by Crippen LogP contribution is 2.33. The first-order valence-corrected chi connectivity index (χ1v) is 15.3. The number of nitrogens with zero attached hydrogens (tertiary/aromatic N) is 1. The molecule has 0 saturated heterocycles. The molecule has 0 atom stereocenters. The van der Waals surface area contributed by atoms with Gasteiger partial charge in [-0.25, -0.2) is 0 Å². The molecule has 1 heterocycles. The molecule has 4 aromatic rings. The molecule has 0 saturated carbocycles. The summed E-state index contributed by atoms with van der Waals surface area (Å²) in [5, 5.41) is 6.94. The molecule has 0 aliphatic heterocycles. The van der Waals surface area contributed by atoms with Crippen LogP contribution in [0.25, 0.3) is 16.7 Å². The van der Waals surface area contributed by atoms with Crippen molar-refractivity contribution in [3.63, 3.8) is 0 Å². The van der Waals surface area contributed by atoms with Crippen molar-refractivity contribution in [2.75, 3.05) is 11.1 Å². The molecular weight excluding hydrogens is 536 g/mol. The summed E-state index contributed by atoms with van der Waals surface area (Å²) in [5.74, 6) is 0. The van der Waals surface area contributed by atoms with Gasteiger partial charge in [-0.3, -0.25) is 4.98 Å². The van der Waals surface area contributed by atoms with E-state index in [1.54, 1.807) is 6.08 Å². The monoisotopic (exact) mass is 578 g/mol. The number of aryl methyl sites for hydroxylation is 2. The van der Waals surface area contributed by atoms with E-state index < -0.39 is 0 Å². The van der Waals surface area contributed by atoms with Crippen LogP contribution in [-0.4, -0.2) is 4.98 Å². The molecule has 0 fully saturated rings. The maximum Gasteiger partial charge on any atom is 0.0704 e. The minimum absolute atomic E-state index is 0.503. The van der Waals surface area contributed by atoms with E-state index >= 15 is 0 Å². The Morgan fingerprint density at radius 1 is 0.909 bits per heavy atom. The molecule has 0 bridgehead atoms. The summed E-state index contributed by atoms with van der Waals surface area (Å²) in [6, 6.07) is 27.4. The number of rotatable bonds is 12. The number of nitrogen functional groups attached to an aromatic ring is 1. The molecule has 3 aromatic carbocycles. The van der Waals surface area contributed by atoms with E-state index in [9.17, 15) is 0 Å². The number of pyridine rings is 1. The predicted molar refractivity (Wildman–Crippen MR) is 188 cm³/mol. The fraction of sp³-hybridized carbons (Fsp3) is 0.175. The van der Waals surface area contributed by atoms with E-state index in [2.05, 4.69) is 85.8 Å². The number of fused-ring (bicyclic) bond motifs is 1. The Balaban J connectivity index is 1.29. The van der Waals surface area contributed by atoms with Gasteiger partial charge in [0.05, 0.1) is 17.1 Å². The molecule has 0 radical (unpaired) electrons. The van der Waals surface area contributed by atoms with Gasteiger partial charge in [-0.1, -0.05) is 86.5 Å². The van der Waals surface area contributed by atoms with Crippen molar-refractivity contribution in [2.45, 2.75) is 46.0 Å². The summed E-state index contributed by atoms with van der Waals surface area (Å²) < 4.78 is 0. The molecule has 1 aliphatic rings. The van der Waals surface area contributed by atoms with Gasteiger partial charge in [0, 0.05) is 35.6 Å². The summed E-state index contributed by atoms with van der Waals surface area (Å²) in [5.41, 5.74) is 21.1. The number of benzene rings is 3. The van der Waals surface area contributed by atoms with Gasteiger partial charge < -0.3 is 16.4 Å². The van der Waals surface area contributed by atoms with E-state index in [4.69, 9.17) is 10.7 Å². The first-order chi connectivity index (χ1) is 21.3. The smallest absolute Gasteiger partial charge is 0.0704 e. The number of hydrogen-bond donors (Lipinski definition) is 3. The van der Waals surface area contributed by atoms with Crippen molar-refractivity contribution in [2.24, 2.45) is 0 Å². The molecule has 222 valence electrons. The molecule has 0 unspecified atom stereocenters. The lowest BCUT2D eigenvalue weighted by Gasteiger charge is -2.17. The largest absolute Gasteiger partial charge is 0.397 e. The van der Waals surface area contributed by atoms with Crippen molar-refractivity contribution in [1.82, 2.24) is 10.3 Å². The third kappa shape index (κ3) is 7.27. The lowest BCUT2D eigenvalue weighted by Crippen LogP contribution is -2.13. The normalized spacial score (nSPS) is 12.9. The maximum atomic E-state index is 6.41. The first kappa shape index (κ1) is 30.4. The minimum Gasteiger partial charge on any atom is -0.397 e. The third-order valence-corrected chi connectivity index (χ3v) is 8.16. The van der Waals surface area contributed by atoms with E-state index in [1.807, 2.05) is 49.4 Å². The molecule has 0 spiro atoms. The Morgan fingerprint density at radius 3 is 2.48 bits per heavy atom. The number of aromatic nitrogens is 1. The van der Waals surface area contributed by atoms with Crippen LogP contribution in [-0.2, 0) is 25.7 Å². The van der Waals surface area contributed by atoms with E-state index in [1.165, 1.54) is 52.6 Å². The van der Waals surface area contributed by atoms with Gasteiger partial charge in [0.1, 0.15) is 0 Å². The van der Waals surface area contributed by atoms with E-state index in [-0.39, 0.29) is 0 Å². The summed E-state index contributed by atoms with van der Waals surface area (Å²) in [4.78, 5) is 4.96. The number of anilines is 2. The van der Waals surface area contributed by atoms with Gasteiger partial charge in [0.15, 0.2) is 0 Å². The van der Waals surface area contributed by atoms with Crippen molar-refractivity contribution >= 4 is 16.9 Å². The van der Waals surface area contributed by atoms with Crippen LogP contribution in [0.5, 0.6) is 0 Å². The quantitative estimate of drug-likeness (QED) is 0.147. The van der Waals surface area contributed by atoms with Crippen LogP contribution in [0.1, 0.15) is 47.0 Å². The summed E-state index contributed by atoms with van der Waals surface area (Å²) in [6.45, 7) is 16.7. The van der Waals surface area contributed by atoms with E-state index in [0.717, 1.165) is 46.2 Å². The average Bonchev–Trinajstić information content (AvgIpc) is 3.50. The topological polar surface area (TPSA) is 63.0 Å². The molecular formula is C40H42N4. The molecule has 1 aliphatic carbocycles. The number of nitrogens with two attached hydrogens (primary N) is 1. The van der Waals surface area contributed by atoms with Crippen LogP contribution in [0.4, 0.5) is 11.4 Å². The van der Waals surface area contributed by atoms with Crippen molar-refractivity contribution in [3.05, 3.63) is 168 Å². The molecule has 5 rings (SSSR count). The summed E-state index contributed by atoms with van der Waals surface area (Å²) in [6.07, 6.45) is 10.7. The molecule has 44 heavy (non-hydrogen) atoms. The van der Waals surface area contributed by atoms with Gasteiger partial charge in [-0.2, -0.15) is 0 Å². The Kier molecular flexibility index (Phi) is 9.61. The molecule has 1 aromatic heterocycles. The van der Waals surface area contributed by atoms with Crippen LogP contribution < -0.4 is 16.4 Å². The van der Waals surface area contributed by atoms with Gasteiger partial charge >= 0.3 is 0 Å².